The van der Waals surface area contributed by atoms with Crippen molar-refractivity contribution in [2.24, 2.45) is 18.9 Å². The lowest BCUT2D eigenvalue weighted by Crippen LogP contribution is -2.32. The molecular weight excluding hydrogens is 520 g/mol. The van der Waals surface area contributed by atoms with Crippen LogP contribution in [0.4, 0.5) is 5.82 Å². The van der Waals surface area contributed by atoms with E-state index in [2.05, 4.69) is 38.4 Å². The largest absolute Gasteiger partial charge is 0.481 e. The number of carbonyl (C=O) groups is 1. The molecule has 0 saturated carbocycles. The van der Waals surface area contributed by atoms with E-state index in [0.29, 0.717) is 40.7 Å². The number of hydrogen-bond donors (Lipinski definition) is 1. The highest BCUT2D eigenvalue weighted by Crippen LogP contribution is 2.32. The second-order valence-corrected chi connectivity index (χ2v) is 10.2. The summed E-state index contributed by atoms with van der Waals surface area (Å²) in [5.41, 5.74) is 4.89. The molecule has 1 fully saturated rings. The lowest BCUT2D eigenvalue weighted by Gasteiger charge is -2.18. The van der Waals surface area contributed by atoms with Crippen LogP contribution in [0.25, 0.3) is 27.9 Å². The number of nitrogens with one attached hydrogen (secondary N) is 1. The lowest BCUT2D eigenvalue weighted by molar-refractivity contribution is 0.0945. The molecule has 12 heteroatoms. The van der Waals surface area contributed by atoms with Crippen molar-refractivity contribution in [2.75, 3.05) is 31.6 Å². The second kappa shape index (κ2) is 10.7. The predicted molar refractivity (Wildman–Crippen MR) is 151 cm³/mol. The molecule has 5 aromatic heterocycles. The minimum absolute atomic E-state index is 0.161. The van der Waals surface area contributed by atoms with Crippen LogP contribution < -0.4 is 15.0 Å². The third-order valence-electron chi connectivity index (χ3n) is 7.51. The summed E-state index contributed by atoms with van der Waals surface area (Å²) in [6, 6.07) is 7.60. The van der Waals surface area contributed by atoms with E-state index < -0.39 is 0 Å². The first kappa shape index (κ1) is 25.9. The molecule has 6 heterocycles. The molecule has 12 nitrogen and oxygen atoms in total. The Morgan fingerprint density at radius 3 is 2.63 bits per heavy atom. The van der Waals surface area contributed by atoms with Gasteiger partial charge in [-0.25, -0.2) is 14.5 Å². The lowest BCUT2D eigenvalue weighted by atomic mass is 9.98. The van der Waals surface area contributed by atoms with Gasteiger partial charge in [0.15, 0.2) is 0 Å². The molecule has 0 aliphatic carbocycles. The Balaban J connectivity index is 1.19. The van der Waals surface area contributed by atoms with Crippen molar-refractivity contribution in [3.63, 3.8) is 0 Å². The molecule has 0 spiro atoms. The Kier molecular flexibility index (Phi) is 6.76. The first-order chi connectivity index (χ1) is 19.9. The third kappa shape index (κ3) is 5.05. The Morgan fingerprint density at radius 2 is 1.95 bits per heavy atom. The molecule has 1 unspecified atom stereocenters. The van der Waals surface area contributed by atoms with E-state index in [0.717, 1.165) is 35.6 Å². The maximum Gasteiger partial charge on any atom is 0.252 e. The number of nitrogens with zero attached hydrogens (tertiary/aromatic N) is 9. The summed E-state index contributed by atoms with van der Waals surface area (Å²) in [6.45, 7) is 4.28. The molecular formula is C29H28N10O2. The van der Waals surface area contributed by atoms with Gasteiger partial charge in [0.2, 0.25) is 5.88 Å². The predicted octanol–water partition coefficient (Wildman–Crippen LogP) is 2.97. The minimum atomic E-state index is -0.161. The van der Waals surface area contributed by atoms with Gasteiger partial charge in [-0.1, -0.05) is 6.92 Å². The van der Waals surface area contributed by atoms with Gasteiger partial charge in [-0.2, -0.15) is 15.5 Å². The quantitative estimate of drug-likeness (QED) is 0.325. The molecule has 206 valence electrons. The van der Waals surface area contributed by atoms with Gasteiger partial charge >= 0.3 is 0 Å². The zero-order chi connectivity index (χ0) is 28.5. The van der Waals surface area contributed by atoms with Crippen LogP contribution in [0.1, 0.15) is 22.8 Å². The molecule has 2 atom stereocenters. The van der Waals surface area contributed by atoms with E-state index >= 15 is 0 Å². The van der Waals surface area contributed by atoms with E-state index in [1.165, 1.54) is 13.3 Å². The van der Waals surface area contributed by atoms with Crippen LogP contribution in [0.15, 0.2) is 61.6 Å². The fraction of sp³-hybridized carbons (Fsp3) is 0.276. The number of fused-ring (bicyclic) bond motifs is 1. The number of anilines is 1. The molecule has 0 aromatic carbocycles. The van der Waals surface area contributed by atoms with Crippen LogP contribution in [-0.4, -0.2) is 67.0 Å². The standard InChI is InChI=1S/C29H28N10O2/c1-18-14-38(16-22(18)9-34-29(40)19-4-5-27(41-3)33-8-19)26-13-31-25(12-32-26)24-6-20(23-11-35-37(2)15-23)17-39-28(24)21(7-30)10-36-39/h4-6,8,10-13,15,17-18,22H,9,14,16H2,1-3H3,(H,34,40)/t18?,22-/m1/s1. The summed E-state index contributed by atoms with van der Waals surface area (Å²) in [5, 5.41) is 21.4. The zero-order valence-electron chi connectivity index (χ0n) is 22.9. The SMILES string of the molecule is COc1ccc(C(=O)NC[C@@H]2CN(c3cnc(-c4cc(-c5cnn(C)c5)cn5ncc(C#N)c45)cn3)CC2C)cn1. The van der Waals surface area contributed by atoms with E-state index in [-0.39, 0.29) is 11.8 Å². The first-order valence-electron chi connectivity index (χ1n) is 13.2. The van der Waals surface area contributed by atoms with Crippen molar-refractivity contribution in [2.45, 2.75) is 6.92 Å². The summed E-state index contributed by atoms with van der Waals surface area (Å²) >= 11 is 0. The topological polar surface area (TPSA) is 139 Å². The van der Waals surface area contributed by atoms with Crippen molar-refractivity contribution in [3.8, 4) is 34.3 Å². The molecule has 0 radical (unpaired) electrons. The van der Waals surface area contributed by atoms with Gasteiger partial charge in [-0.3, -0.25) is 14.5 Å². The maximum absolute atomic E-state index is 12.6. The number of ether oxygens (including phenoxy) is 1. The van der Waals surface area contributed by atoms with Crippen LogP contribution in [-0.2, 0) is 7.05 Å². The number of aryl methyl sites for hydroxylation is 1. The molecule has 41 heavy (non-hydrogen) atoms. The van der Waals surface area contributed by atoms with Gasteiger partial charge in [-0.15, -0.1) is 0 Å². The molecule has 1 amide bonds. The van der Waals surface area contributed by atoms with Gasteiger partial charge in [0.05, 0.1) is 54.2 Å². The van der Waals surface area contributed by atoms with Crippen LogP contribution >= 0.6 is 0 Å². The first-order valence-corrected chi connectivity index (χ1v) is 13.2. The average molecular weight is 549 g/mol. The molecule has 1 aliphatic heterocycles. The van der Waals surface area contributed by atoms with E-state index in [1.807, 2.05) is 25.5 Å². The number of hydrogen-bond acceptors (Lipinski definition) is 9. The average Bonchev–Trinajstić information content (AvgIpc) is 3.73. The number of methoxy groups -OCH3 is 1. The molecule has 1 N–H and O–H groups in total. The van der Waals surface area contributed by atoms with Crippen molar-refractivity contribution in [1.82, 2.24) is 39.7 Å². The molecule has 0 bridgehead atoms. The highest BCUT2D eigenvalue weighted by Gasteiger charge is 2.31. The molecule has 5 aromatic rings. The van der Waals surface area contributed by atoms with Crippen LogP contribution in [0.2, 0.25) is 0 Å². The fourth-order valence-electron chi connectivity index (χ4n) is 5.20. The maximum atomic E-state index is 12.6. The molecule has 6 rings (SSSR count). The number of carbonyl (C=O) groups excluding carboxylic acids is 1. The van der Waals surface area contributed by atoms with Gasteiger partial charge in [0.1, 0.15) is 11.9 Å². The van der Waals surface area contributed by atoms with Gasteiger partial charge in [0.25, 0.3) is 5.91 Å². The monoisotopic (exact) mass is 548 g/mol. The highest BCUT2D eigenvalue weighted by atomic mass is 16.5. The molecule has 1 aliphatic rings. The highest BCUT2D eigenvalue weighted by molar-refractivity contribution is 5.93. The van der Waals surface area contributed by atoms with E-state index in [9.17, 15) is 10.1 Å². The second-order valence-electron chi connectivity index (χ2n) is 10.2. The van der Waals surface area contributed by atoms with Gasteiger partial charge in [-0.05, 0) is 24.0 Å². The van der Waals surface area contributed by atoms with E-state index in [4.69, 9.17) is 14.7 Å². The Bertz CT molecular complexity index is 1750. The number of pyridine rings is 2. The summed E-state index contributed by atoms with van der Waals surface area (Å²) < 4.78 is 8.50. The summed E-state index contributed by atoms with van der Waals surface area (Å²) in [4.78, 5) is 28.4. The molecule has 1 saturated heterocycles. The summed E-state index contributed by atoms with van der Waals surface area (Å²) in [5.74, 6) is 1.68. The number of aromatic nitrogens is 7. The number of amides is 1. The Labute approximate surface area is 236 Å². The smallest absolute Gasteiger partial charge is 0.252 e. The fourth-order valence-corrected chi connectivity index (χ4v) is 5.20. The van der Waals surface area contributed by atoms with Crippen molar-refractivity contribution in [3.05, 3.63) is 72.7 Å². The van der Waals surface area contributed by atoms with Crippen molar-refractivity contribution < 1.29 is 9.53 Å². The van der Waals surface area contributed by atoms with Crippen LogP contribution in [0.3, 0.4) is 0 Å². The van der Waals surface area contributed by atoms with Gasteiger partial charge in [0, 0.05) is 68.0 Å². The summed E-state index contributed by atoms with van der Waals surface area (Å²) in [7, 11) is 3.41. The van der Waals surface area contributed by atoms with Crippen LogP contribution in [0.5, 0.6) is 5.88 Å². The third-order valence-corrected chi connectivity index (χ3v) is 7.51. The Hall–Kier alpha value is -5.31. The van der Waals surface area contributed by atoms with E-state index in [1.54, 1.807) is 46.1 Å². The van der Waals surface area contributed by atoms with Crippen LogP contribution in [0, 0.1) is 23.2 Å². The van der Waals surface area contributed by atoms with Crippen molar-refractivity contribution >= 4 is 17.2 Å². The number of rotatable bonds is 7. The van der Waals surface area contributed by atoms with Gasteiger partial charge < -0.3 is 15.0 Å². The normalized spacial score (nSPS) is 16.6. The zero-order valence-corrected chi connectivity index (χ0v) is 22.9. The van der Waals surface area contributed by atoms with Crippen molar-refractivity contribution in [1.29, 1.82) is 5.26 Å². The minimum Gasteiger partial charge on any atom is -0.481 e. The summed E-state index contributed by atoms with van der Waals surface area (Å²) in [6.07, 6.45) is 12.2. The Morgan fingerprint density at radius 1 is 1.07 bits per heavy atom. The number of nitriles is 1.